The summed E-state index contributed by atoms with van der Waals surface area (Å²) in [6.07, 6.45) is 5.07. The average molecular weight is 269 g/mol. The van der Waals surface area contributed by atoms with E-state index in [0.717, 1.165) is 24.0 Å². The molecular weight excluding hydrogens is 252 g/mol. The van der Waals surface area contributed by atoms with Crippen molar-refractivity contribution in [2.45, 2.75) is 25.7 Å². The largest absolute Gasteiger partial charge is 0.509 e. The van der Waals surface area contributed by atoms with Crippen molar-refractivity contribution in [3.05, 3.63) is 24.3 Å². The highest BCUT2D eigenvalue weighted by Crippen LogP contribution is 2.48. The predicted molar refractivity (Wildman–Crippen MR) is 69.6 cm³/mol. The summed E-state index contributed by atoms with van der Waals surface area (Å²) in [5.74, 6) is 2.46. The van der Waals surface area contributed by atoms with Gasteiger partial charge < -0.3 is 17.7 Å². The Morgan fingerprint density at radius 2 is 2.00 bits per heavy atom. The smallest absolute Gasteiger partial charge is 0.493 e. The van der Waals surface area contributed by atoms with Crippen molar-refractivity contribution in [2.24, 2.45) is 17.8 Å². The molecule has 2 saturated carbocycles. The van der Waals surface area contributed by atoms with Crippen molar-refractivity contribution >= 4 is 12.4 Å². The van der Waals surface area contributed by atoms with Crippen LogP contribution in [0.15, 0.2) is 24.3 Å². The Hall–Kier alpha value is -1.13. The molecule has 1 aromatic rings. The van der Waals surface area contributed by atoms with E-state index in [-0.39, 0.29) is 0 Å². The van der Waals surface area contributed by atoms with Gasteiger partial charge in [0.1, 0.15) is 5.75 Å². The van der Waals surface area contributed by atoms with Gasteiger partial charge in [0.15, 0.2) is 0 Å². The maximum Gasteiger partial charge on any atom is 0.509 e. The Labute approximate surface area is 111 Å². The summed E-state index contributed by atoms with van der Waals surface area (Å²) in [5.41, 5.74) is -0.578. The molecule has 19 heavy (non-hydrogen) atoms. The molecular formula is C14H17BF3O-. The summed E-state index contributed by atoms with van der Waals surface area (Å²) in [5, 5.41) is 0. The lowest BCUT2D eigenvalue weighted by Gasteiger charge is -2.22. The number of fused-ring (bicyclic) bond motifs is 2. The molecule has 0 saturated heterocycles. The normalized spacial score (nSPS) is 29.7. The second-order valence-electron chi connectivity index (χ2n) is 5.89. The third-order valence-corrected chi connectivity index (χ3v) is 4.58. The molecule has 104 valence electrons. The lowest BCUT2D eigenvalue weighted by Crippen LogP contribution is -2.33. The Morgan fingerprint density at radius 1 is 1.16 bits per heavy atom. The SMILES string of the molecule is F[B-](F)(F)c1cccc(OCC2CC3CCC2C3)c1. The zero-order valence-corrected chi connectivity index (χ0v) is 10.7. The van der Waals surface area contributed by atoms with E-state index < -0.39 is 12.4 Å². The van der Waals surface area contributed by atoms with E-state index in [1.807, 2.05) is 0 Å². The van der Waals surface area contributed by atoms with Gasteiger partial charge in [0.05, 0.1) is 6.61 Å². The van der Waals surface area contributed by atoms with Gasteiger partial charge in [-0.05, 0) is 49.1 Å². The fourth-order valence-electron chi connectivity index (χ4n) is 3.59. The van der Waals surface area contributed by atoms with Crippen LogP contribution in [-0.4, -0.2) is 13.6 Å². The predicted octanol–water partition coefficient (Wildman–Crippen LogP) is 3.56. The van der Waals surface area contributed by atoms with E-state index in [4.69, 9.17) is 4.74 Å². The van der Waals surface area contributed by atoms with Crippen molar-refractivity contribution in [1.82, 2.24) is 0 Å². The topological polar surface area (TPSA) is 9.23 Å². The minimum Gasteiger partial charge on any atom is -0.493 e. The molecule has 0 aromatic heterocycles. The Bertz CT molecular complexity index is 460. The molecule has 2 fully saturated rings. The molecule has 2 aliphatic carbocycles. The number of halogens is 3. The van der Waals surface area contributed by atoms with Crippen LogP contribution in [0.5, 0.6) is 5.75 Å². The highest BCUT2D eigenvalue weighted by molar-refractivity contribution is 6.73. The maximum atomic E-state index is 12.6. The highest BCUT2D eigenvalue weighted by Gasteiger charge is 2.39. The summed E-state index contributed by atoms with van der Waals surface area (Å²) in [7, 11) is 0. The van der Waals surface area contributed by atoms with Gasteiger partial charge in [-0.2, -0.15) is 0 Å². The molecule has 0 spiro atoms. The molecule has 2 aliphatic rings. The second kappa shape index (κ2) is 4.76. The van der Waals surface area contributed by atoms with Crippen LogP contribution in [-0.2, 0) is 0 Å². The molecule has 1 aromatic carbocycles. The summed E-state index contributed by atoms with van der Waals surface area (Å²) in [6.45, 7) is -4.37. The van der Waals surface area contributed by atoms with E-state index in [1.165, 1.54) is 31.7 Å². The molecule has 3 unspecified atom stereocenters. The second-order valence-corrected chi connectivity index (χ2v) is 5.89. The minimum atomic E-state index is -4.94. The van der Waals surface area contributed by atoms with E-state index in [9.17, 15) is 12.9 Å². The van der Waals surface area contributed by atoms with Crippen molar-refractivity contribution in [2.75, 3.05) is 6.61 Å². The van der Waals surface area contributed by atoms with Crippen LogP contribution in [0.3, 0.4) is 0 Å². The van der Waals surface area contributed by atoms with Crippen molar-refractivity contribution in [1.29, 1.82) is 0 Å². The van der Waals surface area contributed by atoms with Crippen LogP contribution in [0.1, 0.15) is 25.7 Å². The molecule has 2 bridgehead atoms. The first kappa shape index (κ1) is 12.9. The lowest BCUT2D eigenvalue weighted by molar-refractivity contribution is 0.195. The van der Waals surface area contributed by atoms with Gasteiger partial charge in [-0.1, -0.05) is 18.6 Å². The van der Waals surface area contributed by atoms with Crippen molar-refractivity contribution < 1.29 is 17.7 Å². The van der Waals surface area contributed by atoms with Gasteiger partial charge in [0, 0.05) is 0 Å². The summed E-state index contributed by atoms with van der Waals surface area (Å²) < 4.78 is 43.5. The van der Waals surface area contributed by atoms with Crippen LogP contribution in [0, 0.1) is 17.8 Å². The van der Waals surface area contributed by atoms with Crippen LogP contribution >= 0.6 is 0 Å². The van der Waals surface area contributed by atoms with Crippen molar-refractivity contribution in [3.8, 4) is 5.75 Å². The first-order valence-corrected chi connectivity index (χ1v) is 6.95. The van der Waals surface area contributed by atoms with Gasteiger partial charge in [0.2, 0.25) is 0 Å². The molecule has 5 heteroatoms. The average Bonchev–Trinajstić information content (AvgIpc) is 2.98. The van der Waals surface area contributed by atoms with Crippen LogP contribution in [0.25, 0.3) is 0 Å². The molecule has 1 nitrogen and oxygen atoms in total. The van der Waals surface area contributed by atoms with Gasteiger partial charge in [0.25, 0.3) is 0 Å². The lowest BCUT2D eigenvalue weighted by atomic mass is 9.80. The zero-order chi connectivity index (χ0) is 13.5. The molecule has 0 aliphatic heterocycles. The maximum absolute atomic E-state index is 12.6. The van der Waals surface area contributed by atoms with Crippen LogP contribution in [0.4, 0.5) is 12.9 Å². The zero-order valence-electron chi connectivity index (χ0n) is 10.7. The molecule has 0 N–H and O–H groups in total. The Balaban J connectivity index is 1.61. The summed E-state index contributed by atoms with van der Waals surface area (Å²) in [4.78, 5) is 0. The number of benzene rings is 1. The van der Waals surface area contributed by atoms with Crippen molar-refractivity contribution in [3.63, 3.8) is 0 Å². The molecule has 3 atom stereocenters. The number of hydrogen-bond donors (Lipinski definition) is 0. The highest BCUT2D eigenvalue weighted by atomic mass is 19.4. The number of ether oxygens (including phenoxy) is 1. The number of rotatable bonds is 4. The van der Waals surface area contributed by atoms with Gasteiger partial charge >= 0.3 is 6.98 Å². The standard InChI is InChI=1S/C14H17BF3O/c16-15(17,18)13-2-1-3-14(8-13)19-9-12-7-10-4-5-11(12)6-10/h1-3,8,10-12H,4-7,9H2/q-1. The quantitative estimate of drug-likeness (QED) is 0.759. The third-order valence-electron chi connectivity index (χ3n) is 4.58. The first-order valence-electron chi connectivity index (χ1n) is 6.95. The van der Waals surface area contributed by atoms with Gasteiger partial charge in [-0.15, -0.1) is 5.46 Å². The van der Waals surface area contributed by atoms with E-state index in [2.05, 4.69) is 0 Å². The fourth-order valence-corrected chi connectivity index (χ4v) is 3.59. The van der Waals surface area contributed by atoms with Gasteiger partial charge in [-0.3, -0.25) is 0 Å². The number of hydrogen-bond acceptors (Lipinski definition) is 1. The molecule has 3 rings (SSSR count). The molecule has 0 amide bonds. The summed E-state index contributed by atoms with van der Waals surface area (Å²) >= 11 is 0. The third kappa shape index (κ3) is 2.75. The summed E-state index contributed by atoms with van der Waals surface area (Å²) in [6, 6.07) is 5.25. The molecule has 0 heterocycles. The van der Waals surface area contributed by atoms with Crippen LogP contribution < -0.4 is 10.2 Å². The van der Waals surface area contributed by atoms with E-state index >= 15 is 0 Å². The van der Waals surface area contributed by atoms with Gasteiger partial charge in [-0.25, -0.2) is 0 Å². The van der Waals surface area contributed by atoms with E-state index in [0.29, 0.717) is 18.3 Å². The Kier molecular flexibility index (Phi) is 3.23. The van der Waals surface area contributed by atoms with Crippen LogP contribution in [0.2, 0.25) is 0 Å². The van der Waals surface area contributed by atoms with E-state index in [1.54, 1.807) is 6.07 Å². The Morgan fingerprint density at radius 3 is 2.63 bits per heavy atom. The minimum absolute atomic E-state index is 0.347. The fraction of sp³-hybridized carbons (Fsp3) is 0.571. The first-order chi connectivity index (χ1) is 9.02. The molecule has 0 radical (unpaired) electrons. The monoisotopic (exact) mass is 269 g/mol.